The third kappa shape index (κ3) is 5.19. The molecule has 24 heavy (non-hydrogen) atoms. The predicted octanol–water partition coefficient (Wildman–Crippen LogP) is 2.80. The fourth-order valence-electron chi connectivity index (χ4n) is 2.00. The average molecular weight is 358 g/mol. The Bertz CT molecular complexity index is 621. The summed E-state index contributed by atoms with van der Waals surface area (Å²) in [5.74, 6) is -0.453. The SMILES string of the molecule is CC(C)(C)OC(=O)N1CC(Oc2cc(Cl)ccc2OCC(=O)O)C1. The van der Waals surface area contributed by atoms with Crippen molar-refractivity contribution >= 4 is 23.7 Å². The minimum Gasteiger partial charge on any atom is -0.483 e. The molecule has 8 heteroatoms. The fourth-order valence-corrected chi connectivity index (χ4v) is 2.16. The number of carbonyl (C=O) groups is 2. The fraction of sp³-hybridized carbons (Fsp3) is 0.500. The second kappa shape index (κ2) is 7.17. The zero-order valence-electron chi connectivity index (χ0n) is 13.7. The summed E-state index contributed by atoms with van der Waals surface area (Å²) in [6.45, 7) is 5.68. The Labute approximate surface area is 145 Å². The van der Waals surface area contributed by atoms with Gasteiger partial charge < -0.3 is 24.2 Å². The van der Waals surface area contributed by atoms with Crippen molar-refractivity contribution in [2.75, 3.05) is 19.7 Å². The highest BCUT2D eigenvalue weighted by molar-refractivity contribution is 6.30. The standard InChI is InChI=1S/C16H20ClNO6/c1-16(2,3)24-15(21)18-7-11(8-18)23-13-6-10(17)4-5-12(13)22-9-14(19)20/h4-6,11H,7-9H2,1-3H3,(H,19,20). The Hall–Kier alpha value is -2.15. The number of carbonyl (C=O) groups excluding carboxylic acids is 1. The second-order valence-electron chi connectivity index (χ2n) is 6.40. The molecule has 0 spiro atoms. The molecule has 1 N–H and O–H groups in total. The van der Waals surface area contributed by atoms with Gasteiger partial charge in [0.15, 0.2) is 18.1 Å². The van der Waals surface area contributed by atoms with Gasteiger partial charge in [0.2, 0.25) is 0 Å². The summed E-state index contributed by atoms with van der Waals surface area (Å²) in [4.78, 5) is 24.0. The van der Waals surface area contributed by atoms with Gasteiger partial charge in [0.25, 0.3) is 0 Å². The van der Waals surface area contributed by atoms with Crippen LogP contribution < -0.4 is 9.47 Å². The number of hydrogen-bond acceptors (Lipinski definition) is 5. The predicted molar refractivity (Wildman–Crippen MR) is 86.8 cm³/mol. The molecular weight excluding hydrogens is 338 g/mol. The zero-order valence-corrected chi connectivity index (χ0v) is 14.5. The smallest absolute Gasteiger partial charge is 0.410 e. The molecule has 1 aliphatic rings. The summed E-state index contributed by atoms with van der Waals surface area (Å²) in [5, 5.41) is 9.14. The van der Waals surface area contributed by atoms with E-state index in [0.717, 1.165) is 0 Å². The zero-order chi connectivity index (χ0) is 17.9. The van der Waals surface area contributed by atoms with Gasteiger partial charge in [0.1, 0.15) is 11.7 Å². The number of ether oxygens (including phenoxy) is 3. The lowest BCUT2D eigenvalue weighted by molar-refractivity contribution is -0.139. The monoisotopic (exact) mass is 357 g/mol. The second-order valence-corrected chi connectivity index (χ2v) is 6.84. The number of hydrogen-bond donors (Lipinski definition) is 1. The molecule has 1 fully saturated rings. The molecule has 0 aliphatic carbocycles. The van der Waals surface area contributed by atoms with Crippen LogP contribution in [0.2, 0.25) is 5.02 Å². The van der Waals surface area contributed by atoms with Gasteiger partial charge in [-0.3, -0.25) is 0 Å². The van der Waals surface area contributed by atoms with E-state index in [2.05, 4.69) is 0 Å². The highest BCUT2D eigenvalue weighted by Gasteiger charge is 2.35. The van der Waals surface area contributed by atoms with E-state index in [9.17, 15) is 9.59 Å². The first-order chi connectivity index (χ1) is 11.1. The molecule has 1 aromatic carbocycles. The van der Waals surface area contributed by atoms with Crippen molar-refractivity contribution < 1.29 is 28.9 Å². The van der Waals surface area contributed by atoms with Gasteiger partial charge in [0, 0.05) is 11.1 Å². The molecule has 0 atom stereocenters. The first-order valence-corrected chi connectivity index (χ1v) is 7.80. The first-order valence-electron chi connectivity index (χ1n) is 7.43. The molecule has 7 nitrogen and oxygen atoms in total. The van der Waals surface area contributed by atoms with Crippen LogP contribution in [0.1, 0.15) is 20.8 Å². The largest absolute Gasteiger partial charge is 0.483 e. The third-order valence-electron chi connectivity index (χ3n) is 3.05. The van der Waals surface area contributed by atoms with Crippen molar-refractivity contribution in [3.05, 3.63) is 23.2 Å². The van der Waals surface area contributed by atoms with Gasteiger partial charge in [-0.2, -0.15) is 0 Å². The topological polar surface area (TPSA) is 85.3 Å². The summed E-state index contributed by atoms with van der Waals surface area (Å²) in [7, 11) is 0. The van der Waals surface area contributed by atoms with Gasteiger partial charge in [-0.1, -0.05) is 11.6 Å². The summed E-state index contributed by atoms with van der Waals surface area (Å²) in [5.41, 5.74) is -0.548. The maximum absolute atomic E-state index is 11.9. The van der Waals surface area contributed by atoms with E-state index in [4.69, 9.17) is 30.9 Å². The number of amides is 1. The van der Waals surface area contributed by atoms with Gasteiger partial charge >= 0.3 is 12.1 Å². The maximum Gasteiger partial charge on any atom is 0.410 e. The Morgan fingerprint density at radius 1 is 1.29 bits per heavy atom. The molecule has 1 aliphatic heterocycles. The average Bonchev–Trinajstić information content (AvgIpc) is 2.39. The van der Waals surface area contributed by atoms with Gasteiger partial charge in [-0.15, -0.1) is 0 Å². The quantitative estimate of drug-likeness (QED) is 0.872. The third-order valence-corrected chi connectivity index (χ3v) is 3.29. The Morgan fingerprint density at radius 3 is 2.54 bits per heavy atom. The molecule has 132 valence electrons. The van der Waals surface area contributed by atoms with E-state index in [-0.39, 0.29) is 11.9 Å². The number of rotatable bonds is 5. The van der Waals surface area contributed by atoms with Crippen LogP contribution in [0, 0.1) is 0 Å². The lowest BCUT2D eigenvalue weighted by Gasteiger charge is -2.39. The Balaban J connectivity index is 1.92. The van der Waals surface area contributed by atoms with Crippen LogP contribution in [0.25, 0.3) is 0 Å². The van der Waals surface area contributed by atoms with Crippen LogP contribution in [0.4, 0.5) is 4.79 Å². The number of carboxylic acids is 1. The van der Waals surface area contributed by atoms with Crippen molar-refractivity contribution in [2.24, 2.45) is 0 Å². The number of halogens is 1. The molecule has 2 rings (SSSR count). The van der Waals surface area contributed by atoms with Crippen LogP contribution in [-0.4, -0.2) is 53.5 Å². The van der Waals surface area contributed by atoms with Gasteiger partial charge in [-0.25, -0.2) is 9.59 Å². The maximum atomic E-state index is 11.9. The molecule has 0 aromatic heterocycles. The number of likely N-dealkylation sites (tertiary alicyclic amines) is 1. The van der Waals surface area contributed by atoms with E-state index in [1.54, 1.807) is 39.0 Å². The highest BCUT2D eigenvalue weighted by atomic mass is 35.5. The first kappa shape index (κ1) is 18.2. The molecule has 0 saturated carbocycles. The van der Waals surface area contributed by atoms with Crippen molar-refractivity contribution in [1.82, 2.24) is 4.90 Å². The summed E-state index contributed by atoms with van der Waals surface area (Å²) < 4.78 is 16.2. The van der Waals surface area contributed by atoms with E-state index < -0.39 is 24.3 Å². The number of carboxylic acid groups (broad SMARTS) is 1. The van der Waals surface area contributed by atoms with Crippen molar-refractivity contribution in [3.63, 3.8) is 0 Å². The molecule has 1 saturated heterocycles. The van der Waals surface area contributed by atoms with Gasteiger partial charge in [-0.05, 0) is 32.9 Å². The minimum atomic E-state index is -1.09. The molecule has 1 amide bonds. The summed E-state index contributed by atoms with van der Waals surface area (Å²) >= 11 is 5.94. The molecule has 1 heterocycles. The van der Waals surface area contributed by atoms with Crippen molar-refractivity contribution in [3.8, 4) is 11.5 Å². The lowest BCUT2D eigenvalue weighted by Crippen LogP contribution is -2.57. The molecule has 0 radical (unpaired) electrons. The number of benzene rings is 1. The molecule has 0 unspecified atom stereocenters. The van der Waals surface area contributed by atoms with Crippen LogP contribution >= 0.6 is 11.6 Å². The van der Waals surface area contributed by atoms with E-state index in [0.29, 0.717) is 23.9 Å². The Kier molecular flexibility index (Phi) is 5.43. The van der Waals surface area contributed by atoms with E-state index >= 15 is 0 Å². The minimum absolute atomic E-state index is 0.233. The Morgan fingerprint density at radius 2 is 1.96 bits per heavy atom. The van der Waals surface area contributed by atoms with Crippen molar-refractivity contribution in [2.45, 2.75) is 32.5 Å². The van der Waals surface area contributed by atoms with Gasteiger partial charge in [0.05, 0.1) is 13.1 Å². The van der Waals surface area contributed by atoms with Crippen LogP contribution in [-0.2, 0) is 9.53 Å². The number of aliphatic carboxylic acids is 1. The number of nitrogens with zero attached hydrogens (tertiary/aromatic N) is 1. The molecule has 0 bridgehead atoms. The van der Waals surface area contributed by atoms with E-state index in [1.807, 2.05) is 0 Å². The summed E-state index contributed by atoms with van der Waals surface area (Å²) in [6, 6.07) is 4.68. The summed E-state index contributed by atoms with van der Waals surface area (Å²) in [6.07, 6.45) is -0.626. The van der Waals surface area contributed by atoms with Crippen LogP contribution in [0.15, 0.2) is 18.2 Å². The van der Waals surface area contributed by atoms with Crippen LogP contribution in [0.3, 0.4) is 0 Å². The lowest BCUT2D eigenvalue weighted by atomic mass is 10.1. The highest BCUT2D eigenvalue weighted by Crippen LogP contribution is 2.32. The molecule has 1 aromatic rings. The van der Waals surface area contributed by atoms with E-state index in [1.165, 1.54) is 4.90 Å². The normalized spacial score (nSPS) is 14.8. The molecular formula is C16H20ClNO6. The van der Waals surface area contributed by atoms with Crippen LogP contribution in [0.5, 0.6) is 11.5 Å². The van der Waals surface area contributed by atoms with Crippen molar-refractivity contribution in [1.29, 1.82) is 0 Å².